The summed E-state index contributed by atoms with van der Waals surface area (Å²) in [6, 6.07) is 0.709. The van der Waals surface area contributed by atoms with Crippen LogP contribution in [0.2, 0.25) is 0 Å². The third-order valence-corrected chi connectivity index (χ3v) is 7.09. The molecule has 0 aromatic carbocycles. The van der Waals surface area contributed by atoms with E-state index in [-0.39, 0.29) is 24.3 Å². The van der Waals surface area contributed by atoms with Crippen LogP contribution < -0.4 is 21.5 Å². The molecule has 7 unspecified atom stereocenters. The molecule has 0 radical (unpaired) electrons. The van der Waals surface area contributed by atoms with Crippen LogP contribution in [0.4, 0.5) is 0 Å². The molecule has 1 amide bonds. The lowest BCUT2D eigenvalue weighted by molar-refractivity contribution is -0.126. The first-order valence-corrected chi connectivity index (χ1v) is 10.5. The fraction of sp³-hybridized carbons (Fsp3) is 0.947. The number of rotatable bonds is 4. The first-order valence-electron chi connectivity index (χ1n) is 10.5. The van der Waals surface area contributed by atoms with Crippen LogP contribution in [0.5, 0.6) is 0 Å². The van der Waals surface area contributed by atoms with Crippen LogP contribution in [-0.4, -0.2) is 48.5 Å². The van der Waals surface area contributed by atoms with Crippen LogP contribution in [0.25, 0.3) is 0 Å². The number of fused-ring (bicyclic) bond motifs is 1. The Kier molecular flexibility index (Phi) is 5.53. The Morgan fingerprint density at radius 3 is 2.69 bits per heavy atom. The summed E-state index contributed by atoms with van der Waals surface area (Å²) in [5.74, 6) is 2.22. The fourth-order valence-corrected chi connectivity index (χ4v) is 5.68. The Bertz CT molecular complexity index is 518. The molecule has 0 aromatic rings. The third-order valence-electron chi connectivity index (χ3n) is 7.09. The van der Waals surface area contributed by atoms with Crippen molar-refractivity contribution >= 4 is 5.91 Å². The topological polar surface area (TPSA) is 77.7 Å². The third kappa shape index (κ3) is 3.64. The van der Waals surface area contributed by atoms with Gasteiger partial charge in [0.1, 0.15) is 12.3 Å². The van der Waals surface area contributed by atoms with Crippen molar-refractivity contribution in [3.8, 4) is 0 Å². The molecule has 7 nitrogen and oxygen atoms in total. The monoisotopic (exact) mass is 365 g/mol. The Balaban J connectivity index is 1.29. The summed E-state index contributed by atoms with van der Waals surface area (Å²) in [6.07, 6.45) is 8.35. The van der Waals surface area contributed by atoms with E-state index in [0.717, 1.165) is 25.2 Å². The molecule has 4 rings (SSSR count). The van der Waals surface area contributed by atoms with Crippen LogP contribution >= 0.6 is 0 Å². The summed E-state index contributed by atoms with van der Waals surface area (Å²) in [6.45, 7) is 4.27. The van der Waals surface area contributed by atoms with Gasteiger partial charge >= 0.3 is 0 Å². The maximum atomic E-state index is 12.7. The van der Waals surface area contributed by atoms with Gasteiger partial charge in [-0.05, 0) is 69.6 Å². The van der Waals surface area contributed by atoms with Crippen molar-refractivity contribution in [1.82, 2.24) is 26.5 Å². The van der Waals surface area contributed by atoms with Crippen LogP contribution in [0.3, 0.4) is 0 Å². The minimum Gasteiger partial charge on any atom is -0.352 e. The number of hydroxylamine groups is 1. The molecular weight excluding hydrogens is 330 g/mol. The van der Waals surface area contributed by atoms with Crippen LogP contribution in [0.1, 0.15) is 58.8 Å². The number of hydrogen-bond acceptors (Lipinski definition) is 6. The smallest absolute Gasteiger partial charge is 0.239 e. The quantitative estimate of drug-likeness (QED) is 0.597. The van der Waals surface area contributed by atoms with Gasteiger partial charge in [0.2, 0.25) is 5.91 Å². The number of nitrogens with zero attached hydrogens (tertiary/aromatic N) is 1. The molecule has 26 heavy (non-hydrogen) atoms. The van der Waals surface area contributed by atoms with Gasteiger partial charge in [-0.3, -0.25) is 20.4 Å². The van der Waals surface area contributed by atoms with E-state index in [0.29, 0.717) is 23.9 Å². The average molecular weight is 366 g/mol. The lowest BCUT2D eigenvalue weighted by Crippen LogP contribution is -2.50. The molecule has 4 aliphatic rings. The summed E-state index contributed by atoms with van der Waals surface area (Å²) in [5, 5.41) is 8.94. The van der Waals surface area contributed by atoms with Crippen molar-refractivity contribution in [2.75, 3.05) is 7.05 Å². The van der Waals surface area contributed by atoms with Crippen molar-refractivity contribution in [2.24, 2.45) is 17.8 Å². The maximum absolute atomic E-state index is 12.7. The second-order valence-electron chi connectivity index (χ2n) is 8.86. The number of amides is 1. The van der Waals surface area contributed by atoms with Crippen molar-refractivity contribution in [2.45, 2.75) is 89.3 Å². The predicted octanol–water partition coefficient (Wildman–Crippen LogP) is 1.08. The van der Waals surface area contributed by atoms with Crippen molar-refractivity contribution < 1.29 is 9.63 Å². The van der Waals surface area contributed by atoms with Crippen molar-refractivity contribution in [3.05, 3.63) is 0 Å². The van der Waals surface area contributed by atoms with E-state index in [9.17, 15) is 4.79 Å². The molecule has 0 bridgehead atoms. The molecule has 7 heteroatoms. The number of hydrogen-bond donors (Lipinski definition) is 4. The lowest BCUT2D eigenvalue weighted by atomic mass is 9.73. The van der Waals surface area contributed by atoms with Gasteiger partial charge in [-0.25, -0.2) is 5.01 Å². The van der Waals surface area contributed by atoms with Crippen LogP contribution in [-0.2, 0) is 9.63 Å². The summed E-state index contributed by atoms with van der Waals surface area (Å²) in [5.41, 5.74) is 6.52. The fourth-order valence-electron chi connectivity index (χ4n) is 5.68. The number of hydrazine groups is 1. The van der Waals surface area contributed by atoms with E-state index in [4.69, 9.17) is 4.84 Å². The molecule has 2 aliphatic heterocycles. The minimum absolute atomic E-state index is 0.0320. The van der Waals surface area contributed by atoms with Crippen LogP contribution in [0.15, 0.2) is 0 Å². The number of likely N-dealkylation sites (N-methyl/N-ethyl adjacent to an activating group) is 1. The van der Waals surface area contributed by atoms with Crippen molar-refractivity contribution in [1.29, 1.82) is 0 Å². The van der Waals surface area contributed by atoms with E-state index in [1.165, 1.54) is 25.7 Å². The first-order chi connectivity index (χ1) is 12.5. The molecule has 4 N–H and O–H groups in total. The van der Waals surface area contributed by atoms with Gasteiger partial charge in [0.25, 0.3) is 0 Å². The highest BCUT2D eigenvalue weighted by atomic mass is 16.7. The Hall–Kier alpha value is -0.730. The number of carbonyl (C=O) groups excluding carboxylic acids is 1. The first kappa shape index (κ1) is 18.6. The second-order valence-corrected chi connectivity index (χ2v) is 8.86. The van der Waals surface area contributed by atoms with Crippen LogP contribution in [0, 0.1) is 17.8 Å². The van der Waals surface area contributed by atoms with Gasteiger partial charge in [0.15, 0.2) is 0 Å². The second kappa shape index (κ2) is 7.72. The van der Waals surface area contributed by atoms with Gasteiger partial charge in [-0.2, -0.15) is 5.48 Å². The summed E-state index contributed by atoms with van der Waals surface area (Å²) in [7, 11) is 1.98. The lowest BCUT2D eigenvalue weighted by Gasteiger charge is -2.37. The van der Waals surface area contributed by atoms with E-state index < -0.39 is 0 Å². The molecule has 2 heterocycles. The molecule has 0 aromatic heterocycles. The van der Waals surface area contributed by atoms with Gasteiger partial charge in [-0.15, -0.1) is 0 Å². The van der Waals surface area contributed by atoms with Gasteiger partial charge in [0, 0.05) is 19.1 Å². The molecular formula is C19H35N5O2. The zero-order chi connectivity index (χ0) is 18.3. The predicted molar refractivity (Wildman–Crippen MR) is 99.5 cm³/mol. The summed E-state index contributed by atoms with van der Waals surface area (Å²) >= 11 is 0. The number of nitrogens with one attached hydrogen (secondary N) is 4. The highest BCUT2D eigenvalue weighted by Crippen LogP contribution is 2.45. The SMILES string of the molecule is CCC1NC(C2CCC3C(CC[C@H]3NC(=O)C3CC(C)NN3C)C2)NO1. The van der Waals surface area contributed by atoms with Crippen molar-refractivity contribution in [3.63, 3.8) is 0 Å². The molecule has 2 saturated carbocycles. The standard InChI is InChI=1S/C19H35N5O2/c1-4-17-21-18(23-26-17)13-5-7-14-12(10-13)6-8-15(14)20-19(25)16-9-11(2)22-24(16)3/h11-18,21-23H,4-10H2,1-3H3,(H,20,25)/t11?,12?,13?,14?,15-,16?,17?,18?/m1/s1. The summed E-state index contributed by atoms with van der Waals surface area (Å²) in [4.78, 5) is 18.3. The zero-order valence-electron chi connectivity index (χ0n) is 16.3. The zero-order valence-corrected chi connectivity index (χ0v) is 16.3. The van der Waals surface area contributed by atoms with E-state index in [1.807, 2.05) is 12.1 Å². The van der Waals surface area contributed by atoms with Gasteiger partial charge in [0.05, 0.1) is 6.17 Å². The molecule has 148 valence electrons. The molecule has 8 atom stereocenters. The van der Waals surface area contributed by atoms with E-state index in [1.54, 1.807) is 0 Å². The number of carbonyl (C=O) groups is 1. The average Bonchev–Trinajstić information content (AvgIpc) is 3.33. The minimum atomic E-state index is -0.0320. The van der Waals surface area contributed by atoms with E-state index in [2.05, 4.69) is 35.4 Å². The Morgan fingerprint density at radius 1 is 1.19 bits per heavy atom. The van der Waals surface area contributed by atoms with E-state index >= 15 is 0 Å². The molecule has 4 fully saturated rings. The molecule has 0 spiro atoms. The molecule has 2 saturated heterocycles. The molecule has 2 aliphatic carbocycles. The normalized spacial score (nSPS) is 46.4. The van der Waals surface area contributed by atoms with Gasteiger partial charge < -0.3 is 5.32 Å². The van der Waals surface area contributed by atoms with Gasteiger partial charge in [-0.1, -0.05) is 6.92 Å². The largest absolute Gasteiger partial charge is 0.352 e. The summed E-state index contributed by atoms with van der Waals surface area (Å²) < 4.78 is 0. The Labute approximate surface area is 156 Å². The highest BCUT2D eigenvalue weighted by Gasteiger charge is 2.44. The maximum Gasteiger partial charge on any atom is 0.239 e. The Morgan fingerprint density at radius 2 is 2.00 bits per heavy atom. The highest BCUT2D eigenvalue weighted by molar-refractivity contribution is 5.82.